The van der Waals surface area contributed by atoms with E-state index in [1.165, 1.54) is 214 Å². The smallest absolute Gasteiger partial charge is 0.225 e. The molecular weight excluding hydrogens is 933 g/mol. The van der Waals surface area contributed by atoms with E-state index in [-0.39, 0.29) is 21.1 Å². The van der Waals surface area contributed by atoms with Gasteiger partial charge in [-0.1, -0.05) is 209 Å². The van der Waals surface area contributed by atoms with Crippen molar-refractivity contribution in [2.75, 3.05) is 0 Å². The molecule has 382 valence electrons. The lowest BCUT2D eigenvalue weighted by molar-refractivity contribution is -0.109. The molecule has 4 aromatic heterocycles. The van der Waals surface area contributed by atoms with E-state index in [9.17, 15) is 9.59 Å². The van der Waals surface area contributed by atoms with Crippen LogP contribution in [0.4, 0.5) is 0 Å². The third kappa shape index (κ3) is 16.1. The van der Waals surface area contributed by atoms with Gasteiger partial charge in [-0.25, -0.2) is 0 Å². The molecule has 0 amide bonds. The average molecular weight is 1020 g/mol. The second kappa shape index (κ2) is 28.6. The summed E-state index contributed by atoms with van der Waals surface area (Å²) in [6.45, 7) is 17.8. The predicted molar refractivity (Wildman–Crippen MR) is 310 cm³/mol. The highest BCUT2D eigenvalue weighted by Gasteiger charge is 2.46. The summed E-state index contributed by atoms with van der Waals surface area (Å²) in [5.41, 5.74) is 8.01. The Morgan fingerprint density at radius 1 is 0.471 bits per heavy atom. The zero-order valence-electron chi connectivity index (χ0n) is 44.8. The number of hydrogen-bond acceptors (Lipinski definition) is 8. The van der Waals surface area contributed by atoms with Gasteiger partial charge in [-0.2, -0.15) is 0 Å². The largest absolute Gasteiger partial charge is 0.281 e. The number of aromatic nitrogens is 2. The van der Waals surface area contributed by atoms with E-state index in [1.54, 1.807) is 0 Å². The minimum Gasteiger partial charge on any atom is -0.281 e. The molecule has 2 aliphatic heterocycles. The van der Waals surface area contributed by atoms with Crippen LogP contribution >= 0.6 is 46.2 Å². The molecule has 8 heteroatoms. The number of unbranched alkanes of at least 4 members (excludes halogenated alkanes) is 22. The van der Waals surface area contributed by atoms with Crippen molar-refractivity contribution in [2.24, 2.45) is 5.41 Å². The van der Waals surface area contributed by atoms with Gasteiger partial charge in [0.15, 0.2) is 0 Å². The third-order valence-electron chi connectivity index (χ3n) is 14.5. The van der Waals surface area contributed by atoms with Crippen molar-refractivity contribution in [3.63, 3.8) is 0 Å². The average Bonchev–Trinajstić information content (AvgIpc) is 4.13. The fraction of sp³-hybridized carbons (Fsp3) is 0.613. The number of aryl methyl sites for hydroxylation is 2. The van der Waals surface area contributed by atoms with E-state index < -0.39 is 0 Å². The molecule has 0 radical (unpaired) electrons. The highest BCUT2D eigenvalue weighted by molar-refractivity contribution is 8.24. The van der Waals surface area contributed by atoms with Crippen LogP contribution in [-0.2, 0) is 27.8 Å². The number of hydrogen-bond donors (Lipinski definition) is 0. The number of allylic oxidation sites excluding steroid dienone is 1. The lowest BCUT2D eigenvalue weighted by Crippen LogP contribution is -2.14. The van der Waals surface area contributed by atoms with Crippen molar-refractivity contribution in [2.45, 2.75) is 241 Å². The molecular formula is C62H88N2O2S4. The van der Waals surface area contributed by atoms with Crippen molar-refractivity contribution >= 4 is 61.3 Å². The summed E-state index contributed by atoms with van der Waals surface area (Å²) < 4.78 is 0. The number of carbonyl (C=O) groups is 2. The normalized spacial score (nSPS) is 14.3. The molecule has 0 saturated heterocycles. The summed E-state index contributed by atoms with van der Waals surface area (Å²) in [5.74, 6) is 0. The molecule has 4 nitrogen and oxygen atoms in total. The van der Waals surface area contributed by atoms with Crippen LogP contribution in [-0.4, -0.2) is 20.2 Å². The molecule has 2 aliphatic rings. The maximum atomic E-state index is 13.6. The number of rotatable bonds is 33. The second-order valence-corrected chi connectivity index (χ2v) is 26.2. The molecule has 0 unspecified atom stereocenters. The van der Waals surface area contributed by atoms with Crippen molar-refractivity contribution in [1.82, 2.24) is 9.97 Å². The van der Waals surface area contributed by atoms with Gasteiger partial charge in [-0.3, -0.25) is 19.6 Å². The highest BCUT2D eigenvalue weighted by Crippen LogP contribution is 2.57. The molecule has 0 aliphatic carbocycles. The Morgan fingerprint density at radius 3 is 1.30 bits per heavy atom. The summed E-state index contributed by atoms with van der Waals surface area (Å²) in [7, 11) is 0. The predicted octanol–water partition coefficient (Wildman–Crippen LogP) is 20.7. The first-order chi connectivity index (χ1) is 33.9. The molecule has 0 fully saturated rings. The monoisotopic (exact) mass is 1020 g/mol. The Morgan fingerprint density at radius 2 is 0.900 bits per heavy atom. The SMILES string of the molecule is CCCCCCCCCCCCCCc1cc(-c2cc(CCCCCCCCCCCCCC)c(-c3ccc(C(C)(C)C)nc3)s2)sc1-c1ccc(C2=C3C(=O)SC(C(C)(C)CCC)=C3C(=O)S2)nc1. The first-order valence-corrected chi connectivity index (χ1v) is 31.3. The van der Waals surface area contributed by atoms with Gasteiger partial charge in [-0.05, 0) is 103 Å². The molecule has 6 rings (SSSR count). The van der Waals surface area contributed by atoms with Crippen LogP contribution < -0.4 is 0 Å². The van der Waals surface area contributed by atoms with Gasteiger partial charge in [0.25, 0.3) is 0 Å². The van der Waals surface area contributed by atoms with Gasteiger partial charge in [0.05, 0.1) is 21.7 Å². The fourth-order valence-corrected chi connectivity index (χ4v) is 15.1. The quantitative estimate of drug-likeness (QED) is 0.0443. The first kappa shape index (κ1) is 56.5. The minimum absolute atomic E-state index is 0.00820. The van der Waals surface area contributed by atoms with Crippen molar-refractivity contribution in [3.05, 3.63) is 87.4 Å². The summed E-state index contributed by atoms with van der Waals surface area (Å²) in [5, 5.41) is -0.0363. The van der Waals surface area contributed by atoms with Gasteiger partial charge in [0, 0.05) is 59.0 Å². The highest BCUT2D eigenvalue weighted by atomic mass is 32.2. The van der Waals surface area contributed by atoms with E-state index in [1.807, 2.05) is 34.9 Å². The van der Waals surface area contributed by atoms with E-state index in [0.717, 1.165) is 41.8 Å². The number of thiophene rings is 2. The number of pyridine rings is 2. The minimum atomic E-state index is -0.222. The van der Waals surface area contributed by atoms with E-state index in [4.69, 9.17) is 9.97 Å². The molecule has 70 heavy (non-hydrogen) atoms. The maximum Gasteiger partial charge on any atom is 0.225 e. The molecule has 0 N–H and O–H groups in total. The maximum absolute atomic E-state index is 13.6. The molecule has 0 bridgehead atoms. The van der Waals surface area contributed by atoms with Gasteiger partial charge in [0.2, 0.25) is 10.2 Å². The Hall–Kier alpha value is -2.78. The number of carbonyl (C=O) groups excluding carboxylic acids is 2. The van der Waals surface area contributed by atoms with Gasteiger partial charge >= 0.3 is 0 Å². The van der Waals surface area contributed by atoms with Crippen LogP contribution in [0.25, 0.3) is 35.5 Å². The molecule has 6 heterocycles. The number of thioether (sulfide) groups is 2. The molecule has 0 saturated carbocycles. The van der Waals surface area contributed by atoms with Gasteiger partial charge in [-0.15, -0.1) is 22.7 Å². The number of nitrogens with zero attached hydrogens (tertiary/aromatic N) is 2. The molecule has 0 spiro atoms. The first-order valence-electron chi connectivity index (χ1n) is 28.0. The second-order valence-electron chi connectivity index (χ2n) is 22.1. The van der Waals surface area contributed by atoms with Crippen LogP contribution in [0, 0.1) is 5.41 Å². The summed E-state index contributed by atoms with van der Waals surface area (Å²) in [6, 6.07) is 13.7. The van der Waals surface area contributed by atoms with E-state index in [0.29, 0.717) is 21.7 Å². The topological polar surface area (TPSA) is 59.9 Å². The van der Waals surface area contributed by atoms with Crippen molar-refractivity contribution in [1.29, 1.82) is 0 Å². The third-order valence-corrected chi connectivity index (χ3v) is 19.5. The van der Waals surface area contributed by atoms with Crippen LogP contribution in [0.1, 0.15) is 245 Å². The van der Waals surface area contributed by atoms with Crippen LogP contribution in [0.5, 0.6) is 0 Å². The zero-order valence-corrected chi connectivity index (χ0v) is 48.0. The molecule has 0 aromatic carbocycles. The van der Waals surface area contributed by atoms with Crippen molar-refractivity contribution < 1.29 is 9.59 Å². The van der Waals surface area contributed by atoms with Gasteiger partial charge < -0.3 is 0 Å². The van der Waals surface area contributed by atoms with Crippen LogP contribution in [0.2, 0.25) is 0 Å². The summed E-state index contributed by atoms with van der Waals surface area (Å²) >= 11 is 6.29. The lowest BCUT2D eigenvalue weighted by atomic mass is 9.84. The summed E-state index contributed by atoms with van der Waals surface area (Å²) in [6.07, 6.45) is 40.6. The van der Waals surface area contributed by atoms with Crippen molar-refractivity contribution in [3.8, 4) is 30.6 Å². The van der Waals surface area contributed by atoms with Crippen LogP contribution in [0.3, 0.4) is 0 Å². The Bertz CT molecular complexity index is 2320. The lowest BCUT2D eigenvalue weighted by Gasteiger charge is -2.25. The standard InChI is InChI=1S/C62H88N2O2S4/c1-9-12-14-16-18-20-22-24-26-28-30-32-34-45-41-50(67-55(45)47-36-38-49(63-43-47)57-53-54(60(66)69-57)58(70-59(53)65)62(7,8)40-11-3)51-42-46(35-33-31-29-27-25-23-21-19-17-15-13-10-2)56(68-51)48-37-39-52(64-44-48)61(4,5)6/h36-39,41-44H,9-35,40H2,1-8H3. The Kier molecular flexibility index (Phi) is 23.1. The number of fused-ring (bicyclic) bond motifs is 1. The van der Waals surface area contributed by atoms with Crippen LogP contribution in [0.15, 0.2) is 64.8 Å². The van der Waals surface area contributed by atoms with Gasteiger partial charge in [0.1, 0.15) is 0 Å². The summed E-state index contributed by atoms with van der Waals surface area (Å²) in [4.78, 5) is 44.1. The zero-order chi connectivity index (χ0) is 49.9. The Balaban J connectivity index is 1.21. The van der Waals surface area contributed by atoms with E-state index in [2.05, 4.69) is 91.9 Å². The molecule has 4 aromatic rings. The fourth-order valence-electron chi connectivity index (χ4n) is 10.3. The molecule has 0 atom stereocenters. The Labute approximate surface area is 442 Å². The van der Waals surface area contributed by atoms with E-state index >= 15 is 0 Å².